The van der Waals surface area contributed by atoms with Gasteiger partial charge in [0.2, 0.25) is 0 Å². The summed E-state index contributed by atoms with van der Waals surface area (Å²) in [7, 11) is 0. The summed E-state index contributed by atoms with van der Waals surface area (Å²) in [5.74, 6) is -0.168. The van der Waals surface area contributed by atoms with Crippen LogP contribution in [-0.2, 0) is 9.47 Å². The molecule has 0 radical (unpaired) electrons. The Bertz CT molecular complexity index is 1740. The van der Waals surface area contributed by atoms with Crippen LogP contribution >= 0.6 is 0 Å². The highest BCUT2D eigenvalue weighted by atomic mass is 16.5. The summed E-state index contributed by atoms with van der Waals surface area (Å²) >= 11 is 0. The van der Waals surface area contributed by atoms with Crippen molar-refractivity contribution in [3.05, 3.63) is 91.3 Å². The highest BCUT2D eigenvalue weighted by Crippen LogP contribution is 2.42. The molecule has 3 rings (SSSR count). The van der Waals surface area contributed by atoms with E-state index in [0.29, 0.717) is 22.3 Å². The van der Waals surface area contributed by atoms with Crippen LogP contribution in [0.1, 0.15) is 38.8 Å². The number of hydrogen-bond donors (Lipinski definition) is 0. The van der Waals surface area contributed by atoms with E-state index in [1.54, 1.807) is 88.4 Å². The number of hydrogen-bond acceptors (Lipinski definition) is 10. The zero-order chi connectivity index (χ0) is 29.7. The summed E-state index contributed by atoms with van der Waals surface area (Å²) < 4.78 is 11.5. The van der Waals surface area contributed by atoms with Crippen molar-refractivity contribution in [2.75, 3.05) is 0 Å². The van der Waals surface area contributed by atoms with E-state index in [2.05, 4.69) is 5.18 Å². The monoisotopic (exact) mass is 525 g/mol. The van der Waals surface area contributed by atoms with Gasteiger partial charge in [-0.1, -0.05) is 36.4 Å². The highest BCUT2D eigenvalue weighted by molar-refractivity contribution is 5.72. The van der Waals surface area contributed by atoms with Crippen molar-refractivity contribution in [2.24, 2.45) is 5.18 Å². The maximum absolute atomic E-state index is 11.7. The third kappa shape index (κ3) is 5.11. The lowest BCUT2D eigenvalue weighted by Gasteiger charge is -2.20. The molecule has 2 aliphatic rings. The van der Waals surface area contributed by atoms with Gasteiger partial charge in [-0.25, -0.2) is 0 Å². The van der Waals surface area contributed by atoms with Gasteiger partial charge in [0.1, 0.15) is 64.5 Å². The predicted octanol–water partition coefficient (Wildman–Crippen LogP) is 5.97. The van der Waals surface area contributed by atoms with E-state index in [0.717, 1.165) is 0 Å². The second kappa shape index (κ2) is 11.0. The fraction of sp³-hybridized carbons (Fsp3) is 0.200. The minimum absolute atomic E-state index is 0.0480. The van der Waals surface area contributed by atoms with Crippen LogP contribution in [0.4, 0.5) is 5.69 Å². The first-order valence-electron chi connectivity index (χ1n) is 11.6. The molecule has 0 saturated heterocycles. The van der Waals surface area contributed by atoms with Gasteiger partial charge in [-0.2, -0.15) is 31.6 Å². The summed E-state index contributed by atoms with van der Waals surface area (Å²) in [6.07, 6.45) is 6.43. The third-order valence-electron chi connectivity index (χ3n) is 6.15. The summed E-state index contributed by atoms with van der Waals surface area (Å²) in [6.45, 7) is 6.77. The van der Waals surface area contributed by atoms with E-state index in [1.807, 2.05) is 12.1 Å². The smallest absolute Gasteiger partial charge is 0.172 e. The van der Waals surface area contributed by atoms with Gasteiger partial charge in [-0.15, -0.1) is 4.91 Å². The zero-order valence-electron chi connectivity index (χ0n) is 21.9. The summed E-state index contributed by atoms with van der Waals surface area (Å²) in [5, 5.41) is 59.4. The van der Waals surface area contributed by atoms with Crippen LogP contribution in [0.2, 0.25) is 0 Å². The molecule has 0 amide bonds. The van der Waals surface area contributed by atoms with Gasteiger partial charge in [0.25, 0.3) is 0 Å². The molecule has 10 nitrogen and oxygen atoms in total. The van der Waals surface area contributed by atoms with Gasteiger partial charge in [0.05, 0.1) is 0 Å². The van der Waals surface area contributed by atoms with Crippen molar-refractivity contribution in [1.82, 2.24) is 0 Å². The second-order valence-electron chi connectivity index (χ2n) is 9.46. The summed E-state index contributed by atoms with van der Waals surface area (Å²) in [6, 6.07) is 15.8. The van der Waals surface area contributed by atoms with E-state index in [9.17, 15) is 36.5 Å². The lowest BCUT2D eigenvalue weighted by Crippen LogP contribution is -2.20. The van der Waals surface area contributed by atoms with Gasteiger partial charge >= 0.3 is 0 Å². The van der Waals surface area contributed by atoms with Gasteiger partial charge in [-0.05, 0) is 44.5 Å². The second-order valence-corrected chi connectivity index (χ2v) is 9.46. The number of nitriles is 6. The van der Waals surface area contributed by atoms with Crippen LogP contribution in [0.15, 0.2) is 80.5 Å². The summed E-state index contributed by atoms with van der Waals surface area (Å²) in [5.41, 5.74) is -0.530. The maximum atomic E-state index is 11.7. The quantitative estimate of drug-likeness (QED) is 0.329. The zero-order valence-corrected chi connectivity index (χ0v) is 21.9. The van der Waals surface area contributed by atoms with E-state index < -0.39 is 11.2 Å². The van der Waals surface area contributed by atoms with Crippen LogP contribution in [0.3, 0.4) is 0 Å². The standard InChI is InChI=1S/C30H19N7O3/c1-29(2)24(22(16-35)27(39-29)20(12-31)13-32)9-6-18-5-7-19(26(11-18)37-38)8-10-25-23(17-36)28(21(14-33)15-34)40-30(25,3)4/h5-11H,1-4H3/b9-6+,10-8+. The Morgan fingerprint density at radius 2 is 1.18 bits per heavy atom. The van der Waals surface area contributed by atoms with Crippen LogP contribution in [0.5, 0.6) is 0 Å². The largest absolute Gasteiger partial charge is 0.480 e. The fourth-order valence-corrected chi connectivity index (χ4v) is 4.20. The summed E-state index contributed by atoms with van der Waals surface area (Å²) in [4.78, 5) is 11.7. The molecule has 0 aliphatic carbocycles. The molecule has 0 atom stereocenters. The normalized spacial score (nSPS) is 16.8. The molecule has 192 valence electrons. The average molecular weight is 526 g/mol. The Kier molecular flexibility index (Phi) is 7.83. The molecule has 0 aromatic heterocycles. The van der Waals surface area contributed by atoms with Crippen molar-refractivity contribution < 1.29 is 9.47 Å². The molecule has 0 unspecified atom stereocenters. The number of rotatable bonds is 5. The first-order chi connectivity index (χ1) is 19.0. The molecule has 10 heteroatoms. The van der Waals surface area contributed by atoms with Gasteiger partial charge in [0, 0.05) is 16.7 Å². The number of ether oxygens (including phenoxy) is 2. The van der Waals surface area contributed by atoms with Crippen LogP contribution in [-0.4, -0.2) is 11.2 Å². The Labute approximate surface area is 230 Å². The molecule has 2 heterocycles. The fourth-order valence-electron chi connectivity index (χ4n) is 4.20. The van der Waals surface area contributed by atoms with Crippen molar-refractivity contribution in [1.29, 1.82) is 31.6 Å². The van der Waals surface area contributed by atoms with Gasteiger partial charge in [0.15, 0.2) is 22.7 Å². The average Bonchev–Trinajstić information content (AvgIpc) is 3.34. The number of allylic oxidation sites excluding steroid dienone is 4. The number of nitrogens with zero attached hydrogens (tertiary/aromatic N) is 7. The van der Waals surface area contributed by atoms with Gasteiger partial charge in [-0.3, -0.25) is 0 Å². The molecule has 0 bridgehead atoms. The highest BCUT2D eigenvalue weighted by Gasteiger charge is 2.39. The first-order valence-corrected chi connectivity index (χ1v) is 11.6. The van der Waals surface area contributed by atoms with Crippen molar-refractivity contribution in [3.8, 4) is 36.4 Å². The molecular weight excluding hydrogens is 506 g/mol. The lowest BCUT2D eigenvalue weighted by molar-refractivity contribution is 0.0951. The van der Waals surface area contributed by atoms with Crippen molar-refractivity contribution in [3.63, 3.8) is 0 Å². The predicted molar refractivity (Wildman–Crippen MR) is 142 cm³/mol. The van der Waals surface area contributed by atoms with E-state index in [1.165, 1.54) is 6.07 Å². The Hall–Kier alpha value is -6.20. The molecule has 0 N–H and O–H groups in total. The van der Waals surface area contributed by atoms with Crippen LogP contribution < -0.4 is 0 Å². The lowest BCUT2D eigenvalue weighted by atomic mass is 9.93. The Morgan fingerprint density at radius 3 is 1.57 bits per heavy atom. The van der Waals surface area contributed by atoms with E-state index >= 15 is 0 Å². The van der Waals surface area contributed by atoms with E-state index in [-0.39, 0.29) is 39.5 Å². The van der Waals surface area contributed by atoms with Crippen LogP contribution in [0.25, 0.3) is 12.2 Å². The topological polar surface area (TPSA) is 191 Å². The van der Waals surface area contributed by atoms with Gasteiger partial charge < -0.3 is 9.47 Å². The first kappa shape index (κ1) is 28.4. The Morgan fingerprint density at radius 1 is 0.725 bits per heavy atom. The number of nitroso groups, excluding NO2 is 1. The molecule has 0 saturated carbocycles. The molecule has 2 aliphatic heterocycles. The maximum Gasteiger partial charge on any atom is 0.172 e. The van der Waals surface area contributed by atoms with E-state index in [4.69, 9.17) is 9.47 Å². The molecule has 0 spiro atoms. The van der Waals surface area contributed by atoms with Crippen molar-refractivity contribution >= 4 is 17.8 Å². The minimum Gasteiger partial charge on any atom is -0.480 e. The molecule has 40 heavy (non-hydrogen) atoms. The number of benzene rings is 1. The molecule has 1 aromatic rings. The molecule has 0 fully saturated rings. The van der Waals surface area contributed by atoms with Crippen molar-refractivity contribution in [2.45, 2.75) is 38.9 Å². The molecular formula is C30H19N7O3. The molecule has 1 aromatic carbocycles. The SMILES string of the molecule is CC1(C)OC(=C(C#N)C#N)C(C#N)=C1/C=C/c1ccc(/C=C/C2=C(C#N)C(=C(C#N)C#N)OC2(C)C)c(N=O)c1. The third-order valence-corrected chi connectivity index (χ3v) is 6.15. The van der Waals surface area contributed by atoms with Crippen LogP contribution in [0, 0.1) is 72.9 Å². The Balaban J connectivity index is 2.04. The minimum atomic E-state index is -1.01.